The Labute approximate surface area is 545 Å². The van der Waals surface area contributed by atoms with Crippen LogP contribution in [0, 0.1) is 0 Å². The fourth-order valence-corrected chi connectivity index (χ4v) is 10.6. The van der Waals surface area contributed by atoms with Gasteiger partial charge in [0.2, 0.25) is 0 Å². The van der Waals surface area contributed by atoms with Gasteiger partial charge >= 0.3 is 46.8 Å². The summed E-state index contributed by atoms with van der Waals surface area (Å²) in [5, 5.41) is 40.9. The molecule has 0 saturated heterocycles. The fourth-order valence-electron chi connectivity index (χ4n) is 10.6. The van der Waals surface area contributed by atoms with Crippen molar-refractivity contribution in [3.63, 3.8) is 0 Å². The van der Waals surface area contributed by atoms with E-state index < -0.39 is 23.9 Å². The van der Waals surface area contributed by atoms with E-state index in [1.54, 1.807) is 0 Å². The Bertz CT molecular complexity index is 998. The summed E-state index contributed by atoms with van der Waals surface area (Å²) in [6, 6.07) is 0. The molecule has 0 aromatic carbocycles. The van der Waals surface area contributed by atoms with E-state index in [1.165, 1.54) is 334 Å². The SMILES string of the molecule is CCCCCCCCCCCCCCCCCC(=O)[O-].CCCCCCCCCCCCCCCCCC(=O)[O-].CCCCCCCCCCCCCCCCCC(=O)[O-].CCCCCCCCCCCCCCCCCC(=O)[O-].[Pb+2].[Zn+2]. The van der Waals surface area contributed by atoms with Gasteiger partial charge in [0.15, 0.2) is 0 Å². The van der Waals surface area contributed by atoms with E-state index in [9.17, 15) is 39.6 Å². The van der Waals surface area contributed by atoms with E-state index in [-0.39, 0.29) is 72.5 Å². The van der Waals surface area contributed by atoms with Crippen molar-refractivity contribution < 1.29 is 59.1 Å². The Morgan fingerprint density at radius 3 is 0.317 bits per heavy atom. The minimum Gasteiger partial charge on any atom is -0.550 e. The number of carbonyl (C=O) groups is 4. The number of rotatable bonds is 64. The quantitative estimate of drug-likeness (QED) is 0.0430. The first-order valence-corrected chi connectivity index (χ1v) is 35.9. The Morgan fingerprint density at radius 2 is 0.244 bits per heavy atom. The van der Waals surface area contributed by atoms with Gasteiger partial charge in [-0.2, -0.15) is 0 Å². The zero-order chi connectivity index (χ0) is 59.6. The Kier molecular flexibility index (Phi) is 101. The van der Waals surface area contributed by atoms with Crippen molar-refractivity contribution in [1.29, 1.82) is 0 Å². The summed E-state index contributed by atoms with van der Waals surface area (Å²) in [6.07, 6.45) is 79.4. The standard InChI is InChI=1S/4C18H36O2.Pb.Zn/c4*1-2-3-4-5-6-7-8-9-10-11-12-13-14-15-16-17-18(19)20;;/h4*2-17H2,1H3,(H,19,20);;/q;;;;2*+2/p-4. The molecule has 0 aliphatic heterocycles. The monoisotopic (exact) mass is 1400 g/mol. The van der Waals surface area contributed by atoms with Crippen molar-refractivity contribution in [1.82, 2.24) is 0 Å². The number of carboxylic acids is 4. The van der Waals surface area contributed by atoms with Gasteiger partial charge in [-0.1, -0.05) is 387 Å². The van der Waals surface area contributed by atoms with Crippen molar-refractivity contribution in [3.05, 3.63) is 0 Å². The minimum absolute atomic E-state index is 0. The van der Waals surface area contributed by atoms with Crippen molar-refractivity contribution >= 4 is 51.2 Å². The molecule has 0 aromatic heterocycles. The van der Waals surface area contributed by atoms with Gasteiger partial charge in [0.05, 0.1) is 0 Å². The van der Waals surface area contributed by atoms with Crippen LogP contribution in [0.3, 0.4) is 0 Å². The Balaban J connectivity index is -0.000000233. The predicted molar refractivity (Wildman–Crippen MR) is 344 cm³/mol. The van der Waals surface area contributed by atoms with Crippen LogP contribution in [0.2, 0.25) is 0 Å². The molecule has 482 valence electrons. The summed E-state index contributed by atoms with van der Waals surface area (Å²) in [5.74, 6) is -3.61. The molecule has 0 spiro atoms. The van der Waals surface area contributed by atoms with Crippen LogP contribution < -0.4 is 20.4 Å². The van der Waals surface area contributed by atoms with Crippen LogP contribution in [0.4, 0.5) is 0 Å². The first-order valence-electron chi connectivity index (χ1n) is 35.9. The summed E-state index contributed by atoms with van der Waals surface area (Å²) < 4.78 is 0. The van der Waals surface area contributed by atoms with Gasteiger partial charge in [-0.05, 0) is 51.4 Å². The maximum absolute atomic E-state index is 10.2. The third-order valence-electron chi connectivity index (χ3n) is 15.9. The zero-order valence-corrected chi connectivity index (χ0v) is 62.6. The molecule has 0 aromatic rings. The van der Waals surface area contributed by atoms with Crippen LogP contribution in [-0.4, -0.2) is 51.2 Å². The number of carbonyl (C=O) groups excluding carboxylic acids is 4. The molecule has 0 bridgehead atoms. The van der Waals surface area contributed by atoms with Crippen LogP contribution in [-0.2, 0) is 38.7 Å². The third-order valence-corrected chi connectivity index (χ3v) is 15.9. The van der Waals surface area contributed by atoms with Crippen molar-refractivity contribution in [2.45, 2.75) is 439 Å². The molecule has 0 aliphatic rings. The molecule has 82 heavy (non-hydrogen) atoms. The van der Waals surface area contributed by atoms with E-state index in [2.05, 4.69) is 27.7 Å². The van der Waals surface area contributed by atoms with Gasteiger partial charge in [0, 0.05) is 23.9 Å². The predicted octanol–water partition coefficient (Wildman–Crippen LogP) is 19.6. The Morgan fingerprint density at radius 1 is 0.171 bits per heavy atom. The van der Waals surface area contributed by atoms with Crippen molar-refractivity contribution in [3.8, 4) is 0 Å². The van der Waals surface area contributed by atoms with Crippen LogP contribution in [0.1, 0.15) is 439 Å². The molecular formula is C72H140O8PbZn. The molecule has 0 unspecified atom stereocenters. The van der Waals surface area contributed by atoms with Crippen LogP contribution in [0.5, 0.6) is 0 Å². The van der Waals surface area contributed by atoms with Gasteiger partial charge in [0.1, 0.15) is 0 Å². The summed E-state index contributed by atoms with van der Waals surface area (Å²) in [5.41, 5.74) is 0. The second kappa shape index (κ2) is 89.2. The minimum atomic E-state index is -0.903. The van der Waals surface area contributed by atoms with Gasteiger partial charge in [-0.3, -0.25) is 0 Å². The number of carboxylic acid groups (broad SMARTS) is 4. The molecule has 0 aliphatic carbocycles. The first-order chi connectivity index (χ1) is 39.1. The maximum Gasteiger partial charge on any atom is 2.00 e. The summed E-state index contributed by atoms with van der Waals surface area (Å²) >= 11 is 0. The summed E-state index contributed by atoms with van der Waals surface area (Å²) in [4.78, 5) is 40.9. The third kappa shape index (κ3) is 107. The molecule has 0 heterocycles. The number of hydrogen-bond acceptors (Lipinski definition) is 8. The average Bonchev–Trinajstić information content (AvgIpc) is 3.43. The molecule has 0 amide bonds. The molecule has 8 nitrogen and oxygen atoms in total. The second-order valence-corrected chi connectivity index (χ2v) is 24.3. The number of aliphatic carboxylic acids is 4. The van der Waals surface area contributed by atoms with E-state index in [1.807, 2.05) is 0 Å². The van der Waals surface area contributed by atoms with Gasteiger partial charge in [-0.15, -0.1) is 0 Å². The van der Waals surface area contributed by atoms with Crippen LogP contribution in [0.15, 0.2) is 0 Å². The Hall–Kier alpha value is -0.575. The van der Waals surface area contributed by atoms with Crippen molar-refractivity contribution in [2.24, 2.45) is 0 Å². The van der Waals surface area contributed by atoms with Crippen molar-refractivity contribution in [2.75, 3.05) is 0 Å². The van der Waals surface area contributed by atoms with E-state index in [0.29, 0.717) is 0 Å². The summed E-state index contributed by atoms with van der Waals surface area (Å²) in [6.45, 7) is 9.07. The second-order valence-electron chi connectivity index (χ2n) is 24.3. The fraction of sp³-hybridized carbons (Fsp3) is 0.944. The topological polar surface area (TPSA) is 161 Å². The normalized spacial score (nSPS) is 10.6. The van der Waals surface area contributed by atoms with Gasteiger partial charge in [0.25, 0.3) is 0 Å². The number of hydrogen-bond donors (Lipinski definition) is 0. The van der Waals surface area contributed by atoms with Gasteiger partial charge < -0.3 is 39.6 Å². The van der Waals surface area contributed by atoms with E-state index in [4.69, 9.17) is 0 Å². The smallest absolute Gasteiger partial charge is 0.550 e. The van der Waals surface area contributed by atoms with E-state index in [0.717, 1.165) is 51.4 Å². The molecule has 0 fully saturated rings. The molecule has 2 radical (unpaired) electrons. The van der Waals surface area contributed by atoms with E-state index >= 15 is 0 Å². The molecule has 0 N–H and O–H groups in total. The molecule has 0 rings (SSSR count). The summed E-state index contributed by atoms with van der Waals surface area (Å²) in [7, 11) is 0. The average molecular weight is 1410 g/mol. The molecule has 0 saturated carbocycles. The van der Waals surface area contributed by atoms with Crippen LogP contribution >= 0.6 is 0 Å². The number of unbranched alkanes of at least 4 members (excludes halogenated alkanes) is 56. The maximum atomic E-state index is 10.2. The molecule has 0 atom stereocenters. The van der Waals surface area contributed by atoms with Crippen LogP contribution in [0.25, 0.3) is 0 Å². The zero-order valence-electron chi connectivity index (χ0n) is 55.7. The molecular weight excluding hydrogens is 1270 g/mol. The molecule has 10 heteroatoms. The first kappa shape index (κ1) is 92.6. The van der Waals surface area contributed by atoms with Gasteiger partial charge in [-0.25, -0.2) is 0 Å². The largest absolute Gasteiger partial charge is 2.00 e.